The normalized spacial score (nSPS) is 14.7. The fraction of sp³-hybridized carbons (Fsp3) is 0.348. The van der Waals surface area contributed by atoms with Crippen molar-refractivity contribution in [2.24, 2.45) is 0 Å². The van der Waals surface area contributed by atoms with Gasteiger partial charge >= 0.3 is 0 Å². The summed E-state index contributed by atoms with van der Waals surface area (Å²) in [6.07, 6.45) is 6.56. The van der Waals surface area contributed by atoms with E-state index in [-0.39, 0.29) is 5.78 Å². The molecule has 1 N–H and O–H groups in total. The highest BCUT2D eigenvalue weighted by Gasteiger charge is 2.16. The Morgan fingerprint density at radius 3 is 2.66 bits per heavy atom. The number of hydrogen-bond donors (Lipinski definition) is 1. The Hall–Kier alpha value is -2.18. The highest BCUT2D eigenvalue weighted by Crippen LogP contribution is 2.33. The van der Waals surface area contributed by atoms with Crippen LogP contribution in [0.5, 0.6) is 0 Å². The first-order chi connectivity index (χ1) is 14.2. The Labute approximate surface area is 180 Å². The van der Waals surface area contributed by atoms with Crippen molar-refractivity contribution in [3.63, 3.8) is 0 Å². The third-order valence-corrected chi connectivity index (χ3v) is 7.28. The van der Waals surface area contributed by atoms with Crippen LogP contribution in [-0.2, 0) is 0 Å². The van der Waals surface area contributed by atoms with Gasteiger partial charge in [0.05, 0.1) is 5.75 Å². The first kappa shape index (κ1) is 20.1. The molecule has 0 atom stereocenters. The summed E-state index contributed by atoms with van der Waals surface area (Å²) in [5.41, 5.74) is 4.34. The maximum absolute atomic E-state index is 12.6. The van der Waals surface area contributed by atoms with Gasteiger partial charge in [0.1, 0.15) is 0 Å². The first-order valence-corrected chi connectivity index (χ1v) is 11.9. The second-order valence-corrected chi connectivity index (χ2v) is 9.74. The molecule has 2 aromatic carbocycles. The Morgan fingerprint density at radius 1 is 1.10 bits per heavy atom. The van der Waals surface area contributed by atoms with E-state index in [0.717, 1.165) is 20.7 Å². The zero-order valence-electron chi connectivity index (χ0n) is 16.6. The number of nitrogens with one attached hydrogen (secondary N) is 1. The van der Waals surface area contributed by atoms with Crippen LogP contribution in [0, 0.1) is 6.92 Å². The molecule has 1 saturated carbocycles. The second kappa shape index (κ2) is 9.55. The van der Waals surface area contributed by atoms with E-state index in [2.05, 4.69) is 46.7 Å². The predicted octanol–water partition coefficient (Wildman–Crippen LogP) is 6.61. The second-order valence-electron chi connectivity index (χ2n) is 7.54. The lowest BCUT2D eigenvalue weighted by Gasteiger charge is -2.22. The molecule has 1 aliphatic carbocycles. The summed E-state index contributed by atoms with van der Waals surface area (Å²) in [4.78, 5) is 12.6. The Bertz CT molecular complexity index is 962. The van der Waals surface area contributed by atoms with E-state index in [0.29, 0.717) is 11.7 Å². The number of Topliss-reactive ketones (excluding diaryl/α,β-unsaturated/α-hetero) is 1. The summed E-state index contributed by atoms with van der Waals surface area (Å²) in [6, 6.07) is 16.4. The molecule has 6 heteroatoms. The Kier molecular flexibility index (Phi) is 6.62. The van der Waals surface area contributed by atoms with Gasteiger partial charge in [0, 0.05) is 11.3 Å². The number of carbonyl (C=O) groups excluding carboxylic acids is 1. The van der Waals surface area contributed by atoms with Crippen molar-refractivity contribution < 1.29 is 4.79 Å². The van der Waals surface area contributed by atoms with Crippen molar-refractivity contribution >= 4 is 39.7 Å². The number of rotatable bonds is 7. The molecular weight excluding hydrogens is 398 g/mol. The van der Waals surface area contributed by atoms with E-state index in [9.17, 15) is 4.79 Å². The zero-order chi connectivity index (χ0) is 20.1. The zero-order valence-corrected chi connectivity index (χ0v) is 18.2. The maximum Gasteiger partial charge on any atom is 0.210 e. The molecule has 4 rings (SSSR count). The quantitative estimate of drug-likeness (QED) is 0.342. The first-order valence-electron chi connectivity index (χ1n) is 10.1. The lowest BCUT2D eigenvalue weighted by molar-refractivity contribution is 0.102. The van der Waals surface area contributed by atoms with E-state index >= 15 is 0 Å². The fourth-order valence-electron chi connectivity index (χ4n) is 3.75. The van der Waals surface area contributed by atoms with Crippen LogP contribution in [0.1, 0.15) is 59.5 Å². The fourth-order valence-corrected chi connectivity index (χ4v) is 5.42. The van der Waals surface area contributed by atoms with Gasteiger partial charge in [-0.3, -0.25) is 4.79 Å². The number of aromatic nitrogens is 2. The van der Waals surface area contributed by atoms with Crippen LogP contribution in [0.25, 0.3) is 0 Å². The highest BCUT2D eigenvalue weighted by molar-refractivity contribution is 8.01. The van der Waals surface area contributed by atoms with Crippen molar-refractivity contribution in [3.05, 3.63) is 65.2 Å². The van der Waals surface area contributed by atoms with Crippen molar-refractivity contribution in [1.82, 2.24) is 10.2 Å². The molecule has 0 radical (unpaired) electrons. The number of ketones is 1. The molecule has 1 fully saturated rings. The van der Waals surface area contributed by atoms with Crippen LogP contribution in [-0.4, -0.2) is 21.7 Å². The van der Waals surface area contributed by atoms with E-state index in [1.54, 1.807) is 0 Å². The molecule has 0 amide bonds. The smallest absolute Gasteiger partial charge is 0.210 e. The van der Waals surface area contributed by atoms with Gasteiger partial charge in [-0.05, 0) is 48.9 Å². The molecular formula is C23H25N3OS2. The van der Waals surface area contributed by atoms with Crippen LogP contribution in [0.3, 0.4) is 0 Å². The third kappa shape index (κ3) is 5.46. The molecule has 3 aromatic rings. The number of aryl methyl sites for hydroxylation is 1. The molecule has 1 heterocycles. The topological polar surface area (TPSA) is 54.9 Å². The molecule has 4 nitrogen and oxygen atoms in total. The van der Waals surface area contributed by atoms with Crippen molar-refractivity contribution in [2.75, 3.05) is 11.1 Å². The maximum atomic E-state index is 12.6. The van der Waals surface area contributed by atoms with Gasteiger partial charge in [-0.1, -0.05) is 78.8 Å². The van der Waals surface area contributed by atoms with Crippen LogP contribution in [0.2, 0.25) is 0 Å². The van der Waals surface area contributed by atoms with E-state index < -0.39 is 0 Å². The molecule has 1 aromatic heterocycles. The summed E-state index contributed by atoms with van der Waals surface area (Å²) >= 11 is 2.91. The van der Waals surface area contributed by atoms with Gasteiger partial charge in [0.25, 0.3) is 0 Å². The molecule has 1 aliphatic rings. The summed E-state index contributed by atoms with van der Waals surface area (Å²) in [5.74, 6) is 1.18. The molecule has 0 bridgehead atoms. The van der Waals surface area contributed by atoms with Gasteiger partial charge in [-0.2, -0.15) is 0 Å². The Balaban J connectivity index is 1.31. The van der Waals surface area contributed by atoms with Gasteiger partial charge in [0.15, 0.2) is 10.1 Å². The minimum Gasteiger partial charge on any atom is -0.330 e. The summed E-state index contributed by atoms with van der Waals surface area (Å²) in [7, 11) is 0. The van der Waals surface area contributed by atoms with Crippen molar-refractivity contribution in [1.29, 1.82) is 0 Å². The summed E-state index contributed by atoms with van der Waals surface area (Å²) in [6.45, 7) is 2.06. The number of nitrogens with zero attached hydrogens (tertiary/aromatic N) is 2. The summed E-state index contributed by atoms with van der Waals surface area (Å²) in [5, 5.41) is 12.4. The minimum atomic E-state index is 0.133. The van der Waals surface area contributed by atoms with E-state index in [1.165, 1.54) is 66.3 Å². The lowest BCUT2D eigenvalue weighted by Crippen LogP contribution is -2.06. The molecule has 29 heavy (non-hydrogen) atoms. The van der Waals surface area contributed by atoms with E-state index in [1.807, 2.05) is 24.3 Å². The standard InChI is InChI=1S/C23H25N3OS2/c1-16-6-5-9-20(14-16)24-22-25-26-23(29-22)28-15-21(27)19-12-10-18(11-13-19)17-7-3-2-4-8-17/h5-6,9-14,17H,2-4,7-8,15H2,1H3,(H,24,25). The number of thioether (sulfide) groups is 1. The molecule has 0 unspecified atom stereocenters. The lowest BCUT2D eigenvalue weighted by atomic mass is 9.84. The van der Waals surface area contributed by atoms with Crippen molar-refractivity contribution in [3.8, 4) is 0 Å². The van der Waals surface area contributed by atoms with Crippen LogP contribution in [0.4, 0.5) is 10.8 Å². The average molecular weight is 424 g/mol. The SMILES string of the molecule is Cc1cccc(Nc2nnc(SCC(=O)c3ccc(C4CCCCC4)cc3)s2)c1. The van der Waals surface area contributed by atoms with Crippen LogP contribution >= 0.6 is 23.1 Å². The highest BCUT2D eigenvalue weighted by atomic mass is 32.2. The van der Waals surface area contributed by atoms with Gasteiger partial charge < -0.3 is 5.32 Å². The van der Waals surface area contributed by atoms with Crippen molar-refractivity contribution in [2.45, 2.75) is 49.3 Å². The number of hydrogen-bond acceptors (Lipinski definition) is 6. The van der Waals surface area contributed by atoms with Gasteiger partial charge in [-0.25, -0.2) is 0 Å². The largest absolute Gasteiger partial charge is 0.330 e. The average Bonchev–Trinajstić information content (AvgIpc) is 3.20. The van der Waals surface area contributed by atoms with Gasteiger partial charge in [-0.15, -0.1) is 10.2 Å². The predicted molar refractivity (Wildman–Crippen MR) is 122 cm³/mol. The third-order valence-electron chi connectivity index (χ3n) is 5.31. The monoisotopic (exact) mass is 423 g/mol. The molecule has 0 saturated heterocycles. The van der Waals surface area contributed by atoms with Gasteiger partial charge in [0.2, 0.25) is 5.13 Å². The Morgan fingerprint density at radius 2 is 1.90 bits per heavy atom. The molecule has 0 spiro atoms. The minimum absolute atomic E-state index is 0.133. The number of benzene rings is 2. The number of carbonyl (C=O) groups is 1. The van der Waals surface area contributed by atoms with Crippen LogP contribution in [0.15, 0.2) is 52.9 Å². The summed E-state index contributed by atoms with van der Waals surface area (Å²) < 4.78 is 0.798. The number of anilines is 2. The molecule has 0 aliphatic heterocycles. The molecule has 150 valence electrons. The van der Waals surface area contributed by atoms with Crippen LogP contribution < -0.4 is 5.32 Å². The van der Waals surface area contributed by atoms with E-state index in [4.69, 9.17) is 0 Å².